The molecule has 0 aromatic rings. The predicted octanol–water partition coefficient (Wildman–Crippen LogP) is 12.2. The van der Waals surface area contributed by atoms with Gasteiger partial charge >= 0.3 is 5.97 Å². The molecule has 11 nitrogen and oxygen atoms in total. The lowest BCUT2D eigenvalue weighted by atomic mass is 9.99. The van der Waals surface area contributed by atoms with Crippen molar-refractivity contribution in [2.45, 2.75) is 243 Å². The Balaban J connectivity index is 2.76. The van der Waals surface area contributed by atoms with Crippen molar-refractivity contribution >= 4 is 11.9 Å². The highest BCUT2D eigenvalue weighted by molar-refractivity contribution is 5.80. The summed E-state index contributed by atoms with van der Waals surface area (Å²) in [5.41, 5.74) is 0. The SMILES string of the molecule is CC/C=C\C/C=C\C/C=C\C/C=C\C/C=C\CCCCCC(=O)OC1C(OCC(NC(=O)C(O)CCCCCC\C=C/C=C/C=C/CC)C(O)/C=C/CCCCCCCCCCC)OC(CO)C(O)C1O. The van der Waals surface area contributed by atoms with Gasteiger partial charge in [-0.3, -0.25) is 9.59 Å². The number of amides is 1. The summed E-state index contributed by atoms with van der Waals surface area (Å²) in [6, 6.07) is -1.05. The molecule has 1 aliphatic heterocycles. The van der Waals surface area contributed by atoms with Crippen molar-refractivity contribution in [3.8, 4) is 0 Å². The number of nitrogens with one attached hydrogen (secondary N) is 1. The standard InChI is InChI=1S/C60H99NO10/c1-4-7-10-13-16-19-22-24-25-26-27-28-29-30-33-36-39-42-45-48-55(65)71-58-57(67)56(66)54(49-62)70-60(58)69-50-51(52(63)46-43-40-37-34-31-21-18-15-12-9-6-3)61-59(68)53(64)47-44-41-38-35-32-23-20-17-14-11-8-5-2/h7-8,10-11,14,16-17,19-20,23-25,27-28,30,33,43,46,51-54,56-58,60,62-64,66-67H,4-6,9,12-13,15,18,21-22,26,29,31-32,34-42,44-45,47-50H2,1-3H3,(H,61,68)/b10-7-,11-8+,17-14+,19-16-,23-20-,25-24-,28-27-,33-30-,46-43+. The number of hydrogen-bond donors (Lipinski definition) is 6. The number of aliphatic hydroxyl groups excluding tert-OH is 5. The Labute approximate surface area is 430 Å². The van der Waals surface area contributed by atoms with Gasteiger partial charge in [0.1, 0.15) is 24.4 Å². The van der Waals surface area contributed by atoms with Crippen LogP contribution in [0.25, 0.3) is 0 Å². The first-order chi connectivity index (χ1) is 34.7. The van der Waals surface area contributed by atoms with Crippen molar-refractivity contribution in [3.05, 3.63) is 109 Å². The zero-order chi connectivity index (χ0) is 51.8. The van der Waals surface area contributed by atoms with E-state index in [1.54, 1.807) is 6.08 Å². The summed E-state index contributed by atoms with van der Waals surface area (Å²) in [5, 5.41) is 56.7. The van der Waals surface area contributed by atoms with Gasteiger partial charge in [-0.05, 0) is 89.9 Å². The number of rotatable bonds is 44. The van der Waals surface area contributed by atoms with Gasteiger partial charge in [-0.25, -0.2) is 0 Å². The highest BCUT2D eigenvalue weighted by Gasteiger charge is 2.47. The Hall–Kier alpha value is -3.68. The zero-order valence-electron chi connectivity index (χ0n) is 44.3. The second kappa shape index (κ2) is 47.3. The van der Waals surface area contributed by atoms with Gasteiger partial charge in [0.2, 0.25) is 5.91 Å². The first kappa shape index (κ1) is 65.3. The molecule has 1 aliphatic rings. The van der Waals surface area contributed by atoms with Gasteiger partial charge in [0.25, 0.3) is 0 Å². The van der Waals surface area contributed by atoms with Crippen LogP contribution in [0.15, 0.2) is 109 Å². The van der Waals surface area contributed by atoms with E-state index in [1.165, 1.54) is 38.5 Å². The van der Waals surface area contributed by atoms with Crippen molar-refractivity contribution in [1.29, 1.82) is 0 Å². The second-order valence-corrected chi connectivity index (χ2v) is 18.6. The third-order valence-electron chi connectivity index (χ3n) is 12.2. The molecule has 1 saturated heterocycles. The molecule has 1 heterocycles. The van der Waals surface area contributed by atoms with Gasteiger partial charge in [-0.15, -0.1) is 0 Å². The minimum atomic E-state index is -1.64. The number of aliphatic hydroxyl groups is 5. The molecule has 0 saturated carbocycles. The number of unbranched alkanes of at least 4 members (excludes halogenated alkanes) is 16. The van der Waals surface area contributed by atoms with E-state index in [1.807, 2.05) is 30.4 Å². The van der Waals surface area contributed by atoms with Crippen LogP contribution in [-0.4, -0.2) is 99.6 Å². The monoisotopic (exact) mass is 994 g/mol. The molecule has 1 rings (SSSR count). The number of carbonyl (C=O) groups excluding carboxylic acids is 2. The molecular formula is C60H99NO10. The fourth-order valence-electron chi connectivity index (χ4n) is 7.85. The van der Waals surface area contributed by atoms with E-state index in [0.29, 0.717) is 12.8 Å². The average Bonchev–Trinajstić information content (AvgIpc) is 3.37. The molecule has 8 atom stereocenters. The number of ether oxygens (including phenoxy) is 3. The average molecular weight is 994 g/mol. The van der Waals surface area contributed by atoms with E-state index in [0.717, 1.165) is 109 Å². The van der Waals surface area contributed by atoms with Gasteiger partial charge in [0.05, 0.1) is 25.4 Å². The van der Waals surface area contributed by atoms with Crippen molar-refractivity contribution in [1.82, 2.24) is 5.32 Å². The molecule has 8 unspecified atom stereocenters. The molecule has 0 aromatic heterocycles. The van der Waals surface area contributed by atoms with Crippen LogP contribution in [0.2, 0.25) is 0 Å². The Morgan fingerprint density at radius 2 is 1.08 bits per heavy atom. The molecule has 404 valence electrons. The van der Waals surface area contributed by atoms with Crippen LogP contribution in [0, 0.1) is 0 Å². The van der Waals surface area contributed by atoms with Crippen LogP contribution in [0.3, 0.4) is 0 Å². The molecule has 0 spiro atoms. The molecule has 71 heavy (non-hydrogen) atoms. The van der Waals surface area contributed by atoms with E-state index in [4.69, 9.17) is 14.2 Å². The van der Waals surface area contributed by atoms with Gasteiger partial charge in [0.15, 0.2) is 12.4 Å². The summed E-state index contributed by atoms with van der Waals surface area (Å²) in [6.07, 6.45) is 52.8. The maximum atomic E-state index is 13.3. The first-order valence-electron chi connectivity index (χ1n) is 27.7. The Bertz CT molecular complexity index is 1560. The maximum absolute atomic E-state index is 13.3. The van der Waals surface area contributed by atoms with Crippen LogP contribution in [0.5, 0.6) is 0 Å². The molecular weight excluding hydrogens is 895 g/mol. The summed E-state index contributed by atoms with van der Waals surface area (Å²) in [6.45, 7) is 5.46. The second-order valence-electron chi connectivity index (χ2n) is 18.6. The van der Waals surface area contributed by atoms with Crippen LogP contribution >= 0.6 is 0 Å². The largest absolute Gasteiger partial charge is 0.454 e. The highest BCUT2D eigenvalue weighted by atomic mass is 16.7. The maximum Gasteiger partial charge on any atom is 0.306 e. The highest BCUT2D eigenvalue weighted by Crippen LogP contribution is 2.26. The number of carbonyl (C=O) groups is 2. The quantitative estimate of drug-likeness (QED) is 0.0149. The molecule has 0 aromatic carbocycles. The van der Waals surface area contributed by atoms with Crippen molar-refractivity contribution in [2.75, 3.05) is 13.2 Å². The lowest BCUT2D eigenvalue weighted by Gasteiger charge is -2.41. The molecule has 6 N–H and O–H groups in total. The number of esters is 1. The number of allylic oxidation sites excluding steroid dienone is 17. The van der Waals surface area contributed by atoms with Gasteiger partial charge in [0, 0.05) is 6.42 Å². The Morgan fingerprint density at radius 3 is 1.68 bits per heavy atom. The third kappa shape index (κ3) is 36.0. The zero-order valence-corrected chi connectivity index (χ0v) is 44.3. The summed E-state index contributed by atoms with van der Waals surface area (Å²) in [7, 11) is 0. The van der Waals surface area contributed by atoms with Crippen LogP contribution in [0.4, 0.5) is 0 Å². The summed E-state index contributed by atoms with van der Waals surface area (Å²) in [4.78, 5) is 26.4. The van der Waals surface area contributed by atoms with E-state index < -0.39 is 67.4 Å². The van der Waals surface area contributed by atoms with Gasteiger partial charge < -0.3 is 45.1 Å². The number of hydrogen-bond acceptors (Lipinski definition) is 10. The third-order valence-corrected chi connectivity index (χ3v) is 12.2. The topological polar surface area (TPSA) is 175 Å². The van der Waals surface area contributed by atoms with Crippen LogP contribution < -0.4 is 5.32 Å². The van der Waals surface area contributed by atoms with Crippen molar-refractivity contribution < 1.29 is 49.3 Å². The Morgan fingerprint density at radius 1 is 0.577 bits per heavy atom. The van der Waals surface area contributed by atoms with Crippen molar-refractivity contribution in [2.24, 2.45) is 0 Å². The fourth-order valence-corrected chi connectivity index (χ4v) is 7.85. The van der Waals surface area contributed by atoms with Gasteiger partial charge in [-0.1, -0.05) is 207 Å². The molecule has 11 heteroatoms. The summed E-state index contributed by atoms with van der Waals surface area (Å²) in [5.74, 6) is -1.26. The molecule has 0 aliphatic carbocycles. The lowest BCUT2D eigenvalue weighted by molar-refractivity contribution is -0.305. The normalized spacial score (nSPS) is 20.5. The molecule has 1 amide bonds. The van der Waals surface area contributed by atoms with E-state index in [2.05, 4.69) is 99.0 Å². The predicted molar refractivity (Wildman–Crippen MR) is 291 cm³/mol. The summed E-state index contributed by atoms with van der Waals surface area (Å²) >= 11 is 0. The van der Waals surface area contributed by atoms with Crippen LogP contribution in [0.1, 0.15) is 194 Å². The lowest BCUT2D eigenvalue weighted by Crippen LogP contribution is -2.61. The smallest absolute Gasteiger partial charge is 0.306 e. The van der Waals surface area contributed by atoms with Crippen LogP contribution in [-0.2, 0) is 23.8 Å². The fraction of sp³-hybridized carbons (Fsp3) is 0.667. The first-order valence-corrected chi connectivity index (χ1v) is 27.7. The minimum absolute atomic E-state index is 0.0754. The van der Waals surface area contributed by atoms with Crippen molar-refractivity contribution in [3.63, 3.8) is 0 Å². The molecule has 1 fully saturated rings. The van der Waals surface area contributed by atoms with E-state index >= 15 is 0 Å². The van der Waals surface area contributed by atoms with Gasteiger partial charge in [-0.2, -0.15) is 0 Å². The summed E-state index contributed by atoms with van der Waals surface area (Å²) < 4.78 is 17.5. The van der Waals surface area contributed by atoms with E-state index in [9.17, 15) is 35.1 Å². The molecule has 0 radical (unpaired) electrons. The molecule has 0 bridgehead atoms. The minimum Gasteiger partial charge on any atom is -0.454 e. The van der Waals surface area contributed by atoms with E-state index in [-0.39, 0.29) is 19.4 Å². The Kier molecular flexibility index (Phi) is 43.6.